The summed E-state index contributed by atoms with van der Waals surface area (Å²) in [6, 6.07) is 2.35. The fraction of sp³-hybridized carbons (Fsp3) is 0.562. The number of nitrogens with one attached hydrogen (secondary N) is 1. The van der Waals surface area contributed by atoms with Crippen LogP contribution >= 0.6 is 0 Å². The Balaban J connectivity index is 2.15. The molecule has 0 amide bonds. The summed E-state index contributed by atoms with van der Waals surface area (Å²) in [5, 5.41) is 8.10. The van der Waals surface area contributed by atoms with Gasteiger partial charge in [-0.15, -0.1) is 0 Å². The number of hydrogen-bond donors (Lipinski definition) is 1. The van der Waals surface area contributed by atoms with Crippen LogP contribution in [0, 0.1) is 20.8 Å². The maximum Gasteiger partial charge on any atom is 0.130 e. The molecule has 0 aromatic carbocycles. The van der Waals surface area contributed by atoms with Crippen molar-refractivity contribution in [1.29, 1.82) is 0 Å². The van der Waals surface area contributed by atoms with Crippen molar-refractivity contribution >= 4 is 5.82 Å². The normalized spacial score (nSPS) is 12.7. The second-order valence-corrected chi connectivity index (χ2v) is 5.88. The van der Waals surface area contributed by atoms with Crippen molar-refractivity contribution in [3.05, 3.63) is 34.4 Å². The van der Waals surface area contributed by atoms with Crippen LogP contribution in [0.5, 0.6) is 0 Å². The van der Waals surface area contributed by atoms with Crippen LogP contribution in [0.2, 0.25) is 0 Å². The molecule has 0 fully saturated rings. The van der Waals surface area contributed by atoms with Crippen LogP contribution in [0.25, 0.3) is 0 Å². The van der Waals surface area contributed by atoms with Gasteiger partial charge in [-0.1, -0.05) is 0 Å². The first kappa shape index (κ1) is 15.6. The maximum absolute atomic E-state index is 5.61. The molecule has 116 valence electrons. The molecule has 2 aromatic heterocycles. The summed E-state index contributed by atoms with van der Waals surface area (Å²) in [6.45, 7) is 9.01. The van der Waals surface area contributed by atoms with Gasteiger partial charge in [0.15, 0.2) is 0 Å². The van der Waals surface area contributed by atoms with E-state index in [-0.39, 0.29) is 6.04 Å². The lowest BCUT2D eigenvalue weighted by Gasteiger charge is -2.18. The molecule has 2 aromatic rings. The van der Waals surface area contributed by atoms with Gasteiger partial charge in [-0.25, -0.2) is 0 Å². The molecular formula is C16H26N4O. The van der Waals surface area contributed by atoms with Gasteiger partial charge in [0.1, 0.15) is 17.3 Å². The zero-order valence-corrected chi connectivity index (χ0v) is 14.1. The summed E-state index contributed by atoms with van der Waals surface area (Å²) < 4.78 is 7.55. The number of anilines is 1. The van der Waals surface area contributed by atoms with E-state index in [0.717, 1.165) is 29.6 Å². The molecule has 0 aliphatic rings. The molecule has 1 N–H and O–H groups in total. The van der Waals surface area contributed by atoms with E-state index in [2.05, 4.69) is 35.2 Å². The van der Waals surface area contributed by atoms with Crippen LogP contribution in [0.3, 0.4) is 0 Å². The Morgan fingerprint density at radius 1 is 1.33 bits per heavy atom. The van der Waals surface area contributed by atoms with E-state index >= 15 is 0 Å². The largest absolute Gasteiger partial charge is 0.466 e. The van der Waals surface area contributed by atoms with Crippen LogP contribution in [-0.4, -0.2) is 23.9 Å². The minimum atomic E-state index is 0.247. The molecule has 2 rings (SSSR count). The van der Waals surface area contributed by atoms with Gasteiger partial charge in [0.25, 0.3) is 0 Å². The lowest BCUT2D eigenvalue weighted by Crippen LogP contribution is -2.21. The first-order chi connectivity index (χ1) is 9.81. The topological polar surface area (TPSA) is 46.2 Å². The summed E-state index contributed by atoms with van der Waals surface area (Å²) in [4.78, 5) is 2.11. The highest BCUT2D eigenvalue weighted by Gasteiger charge is 2.17. The molecule has 5 heteroatoms. The number of rotatable bonds is 5. The SMILES string of the molecule is Cc1cc([C@@H](C)NCc2c(C)nn(C)c2N(C)C)c(C)o1. The van der Waals surface area contributed by atoms with Crippen molar-refractivity contribution in [3.63, 3.8) is 0 Å². The molecule has 2 heterocycles. The number of hydrogen-bond acceptors (Lipinski definition) is 4. The van der Waals surface area contributed by atoms with Crippen LogP contribution in [0.1, 0.15) is 41.3 Å². The third-order valence-electron chi connectivity index (χ3n) is 3.87. The highest BCUT2D eigenvalue weighted by molar-refractivity contribution is 5.48. The summed E-state index contributed by atoms with van der Waals surface area (Å²) >= 11 is 0. The smallest absolute Gasteiger partial charge is 0.130 e. The van der Waals surface area contributed by atoms with E-state index < -0.39 is 0 Å². The zero-order chi connectivity index (χ0) is 15.7. The molecule has 1 atom stereocenters. The molecule has 0 saturated carbocycles. The molecular weight excluding hydrogens is 264 g/mol. The van der Waals surface area contributed by atoms with E-state index in [1.807, 2.05) is 39.7 Å². The minimum absolute atomic E-state index is 0.247. The van der Waals surface area contributed by atoms with Crippen LogP contribution in [0.4, 0.5) is 5.82 Å². The number of furan rings is 1. The predicted octanol–water partition coefficient (Wildman–Crippen LogP) is 2.86. The maximum atomic E-state index is 5.61. The summed E-state index contributed by atoms with van der Waals surface area (Å²) in [5.74, 6) is 3.10. The Hall–Kier alpha value is -1.75. The molecule has 0 radical (unpaired) electrons. The summed E-state index contributed by atoms with van der Waals surface area (Å²) in [6.07, 6.45) is 0. The highest BCUT2D eigenvalue weighted by Crippen LogP contribution is 2.24. The van der Waals surface area contributed by atoms with Crippen LogP contribution < -0.4 is 10.2 Å². The lowest BCUT2D eigenvalue weighted by molar-refractivity contribution is 0.489. The fourth-order valence-electron chi connectivity index (χ4n) is 2.90. The Kier molecular flexibility index (Phi) is 4.42. The summed E-state index contributed by atoms with van der Waals surface area (Å²) in [5.41, 5.74) is 3.54. The molecule has 0 bridgehead atoms. The average Bonchev–Trinajstić information content (AvgIpc) is 2.85. The van der Waals surface area contributed by atoms with Gasteiger partial charge < -0.3 is 14.6 Å². The van der Waals surface area contributed by atoms with E-state index in [4.69, 9.17) is 4.42 Å². The van der Waals surface area contributed by atoms with Crippen molar-refractivity contribution in [2.45, 2.75) is 40.3 Å². The van der Waals surface area contributed by atoms with Gasteiger partial charge in [0, 0.05) is 44.9 Å². The van der Waals surface area contributed by atoms with Gasteiger partial charge in [0.05, 0.1) is 5.69 Å². The van der Waals surface area contributed by atoms with E-state index in [1.54, 1.807) is 0 Å². The minimum Gasteiger partial charge on any atom is -0.466 e. The zero-order valence-electron chi connectivity index (χ0n) is 14.1. The van der Waals surface area contributed by atoms with E-state index in [0.29, 0.717) is 0 Å². The van der Waals surface area contributed by atoms with Crippen molar-refractivity contribution in [3.8, 4) is 0 Å². The molecule has 0 aliphatic heterocycles. The van der Waals surface area contributed by atoms with Gasteiger partial charge >= 0.3 is 0 Å². The quantitative estimate of drug-likeness (QED) is 0.920. The molecule has 0 saturated heterocycles. The Labute approximate surface area is 126 Å². The van der Waals surface area contributed by atoms with Crippen molar-refractivity contribution in [2.75, 3.05) is 19.0 Å². The molecule has 5 nitrogen and oxygen atoms in total. The van der Waals surface area contributed by atoms with Gasteiger partial charge in [-0.05, 0) is 33.8 Å². The molecule has 0 spiro atoms. The van der Waals surface area contributed by atoms with Crippen molar-refractivity contribution < 1.29 is 4.42 Å². The highest BCUT2D eigenvalue weighted by atomic mass is 16.3. The fourth-order valence-corrected chi connectivity index (χ4v) is 2.90. The first-order valence-electron chi connectivity index (χ1n) is 7.31. The number of aromatic nitrogens is 2. The van der Waals surface area contributed by atoms with E-state index in [9.17, 15) is 0 Å². The molecule has 0 unspecified atom stereocenters. The number of nitrogens with zero attached hydrogens (tertiary/aromatic N) is 3. The first-order valence-corrected chi connectivity index (χ1v) is 7.31. The second kappa shape index (κ2) is 5.93. The van der Waals surface area contributed by atoms with Gasteiger partial charge in [0.2, 0.25) is 0 Å². The standard InChI is InChI=1S/C16H26N4O/c1-10-8-14(13(4)21-10)11(2)17-9-15-12(3)18-20(7)16(15)19(5)6/h8,11,17H,9H2,1-7H3/t11-/m1/s1. The summed E-state index contributed by atoms with van der Waals surface area (Å²) in [7, 11) is 6.08. The third kappa shape index (κ3) is 3.13. The molecule has 21 heavy (non-hydrogen) atoms. The Morgan fingerprint density at radius 2 is 2.00 bits per heavy atom. The Bertz CT molecular complexity index is 625. The Morgan fingerprint density at radius 3 is 2.52 bits per heavy atom. The van der Waals surface area contributed by atoms with E-state index in [1.165, 1.54) is 11.1 Å². The average molecular weight is 290 g/mol. The van der Waals surface area contributed by atoms with Crippen LogP contribution in [0.15, 0.2) is 10.5 Å². The monoisotopic (exact) mass is 290 g/mol. The second-order valence-electron chi connectivity index (χ2n) is 5.88. The number of aryl methyl sites for hydroxylation is 4. The lowest BCUT2D eigenvalue weighted by atomic mass is 10.1. The van der Waals surface area contributed by atoms with Gasteiger partial charge in [-0.3, -0.25) is 4.68 Å². The molecule has 0 aliphatic carbocycles. The van der Waals surface area contributed by atoms with Crippen LogP contribution in [-0.2, 0) is 13.6 Å². The predicted molar refractivity (Wildman–Crippen MR) is 85.7 cm³/mol. The van der Waals surface area contributed by atoms with Gasteiger partial charge in [-0.2, -0.15) is 5.10 Å². The third-order valence-corrected chi connectivity index (χ3v) is 3.87. The van der Waals surface area contributed by atoms with Crippen molar-refractivity contribution in [2.24, 2.45) is 7.05 Å². The van der Waals surface area contributed by atoms with Crippen molar-refractivity contribution in [1.82, 2.24) is 15.1 Å².